The molecule has 0 radical (unpaired) electrons. The van der Waals surface area contributed by atoms with E-state index in [9.17, 15) is 13.9 Å². The number of aliphatic hydroxyl groups excluding tert-OH is 1. The first kappa shape index (κ1) is 16.4. The quantitative estimate of drug-likeness (QED) is 0.850. The molecule has 1 aromatic carbocycles. The van der Waals surface area contributed by atoms with E-state index in [1.807, 2.05) is 0 Å². The number of nitrogens with zero attached hydrogens (tertiary/aromatic N) is 3. The van der Waals surface area contributed by atoms with Crippen LogP contribution in [0.1, 0.15) is 11.7 Å². The van der Waals surface area contributed by atoms with Gasteiger partial charge in [-0.25, -0.2) is 13.5 Å². The molecule has 3 rings (SSSR count). The van der Waals surface area contributed by atoms with Gasteiger partial charge in [-0.1, -0.05) is 11.3 Å². The zero-order valence-corrected chi connectivity index (χ0v) is 13.7. The Bertz CT molecular complexity index is 744. The molecule has 1 unspecified atom stereocenters. The van der Waals surface area contributed by atoms with Crippen LogP contribution in [0.4, 0.5) is 13.9 Å². The standard InChI is InChI=1S/C14H15F2N3O2S2/c15-9-1-2-11(16)10(7-9)12(20)8-19-14(22)23-13(17-19)18-3-5-21-6-4-18/h1-2,7,12,20H,3-6,8H2. The summed E-state index contributed by atoms with van der Waals surface area (Å²) in [5.74, 6) is -1.26. The second kappa shape index (κ2) is 7.00. The summed E-state index contributed by atoms with van der Waals surface area (Å²) in [6, 6.07) is 2.99. The van der Waals surface area contributed by atoms with Gasteiger partial charge in [-0.3, -0.25) is 0 Å². The first-order valence-corrected chi connectivity index (χ1v) is 8.31. The Morgan fingerprint density at radius 3 is 2.83 bits per heavy atom. The third kappa shape index (κ3) is 3.74. The van der Waals surface area contributed by atoms with Crippen molar-refractivity contribution in [3.63, 3.8) is 0 Å². The molecule has 9 heteroatoms. The summed E-state index contributed by atoms with van der Waals surface area (Å²) < 4.78 is 34.2. The number of anilines is 1. The molecule has 1 saturated heterocycles. The molecular formula is C14H15F2N3O2S2. The fraction of sp³-hybridized carbons (Fsp3) is 0.429. The highest BCUT2D eigenvalue weighted by Gasteiger charge is 2.19. The molecule has 1 atom stereocenters. The second-order valence-corrected chi connectivity index (χ2v) is 6.71. The van der Waals surface area contributed by atoms with Crippen LogP contribution in [0, 0.1) is 15.6 Å². The number of morpholine rings is 1. The zero-order chi connectivity index (χ0) is 16.4. The average molecular weight is 359 g/mol. The van der Waals surface area contributed by atoms with Gasteiger partial charge >= 0.3 is 0 Å². The Hall–Kier alpha value is -1.42. The molecule has 1 N–H and O–H groups in total. The molecule has 1 aromatic heterocycles. The van der Waals surface area contributed by atoms with Crippen molar-refractivity contribution in [1.29, 1.82) is 0 Å². The topological polar surface area (TPSA) is 50.5 Å². The minimum Gasteiger partial charge on any atom is -0.386 e. The smallest absolute Gasteiger partial charge is 0.207 e. The van der Waals surface area contributed by atoms with Crippen molar-refractivity contribution in [2.75, 3.05) is 31.2 Å². The third-order valence-electron chi connectivity index (χ3n) is 3.54. The predicted molar refractivity (Wildman–Crippen MR) is 85.3 cm³/mol. The molecule has 0 amide bonds. The molecule has 0 saturated carbocycles. The van der Waals surface area contributed by atoms with Gasteiger partial charge in [0.25, 0.3) is 0 Å². The minimum atomic E-state index is -1.22. The molecule has 1 aliphatic rings. The van der Waals surface area contributed by atoms with Gasteiger partial charge in [0.15, 0.2) is 3.95 Å². The molecule has 0 spiro atoms. The Labute approximate surface area is 140 Å². The van der Waals surface area contributed by atoms with E-state index in [1.165, 1.54) is 16.0 Å². The molecule has 2 heterocycles. The fourth-order valence-electron chi connectivity index (χ4n) is 2.33. The van der Waals surface area contributed by atoms with Gasteiger partial charge in [0.05, 0.1) is 19.8 Å². The van der Waals surface area contributed by atoms with Gasteiger partial charge in [0.2, 0.25) is 5.13 Å². The lowest BCUT2D eigenvalue weighted by Crippen LogP contribution is -2.36. The number of hydrogen-bond acceptors (Lipinski definition) is 6. The molecule has 1 aliphatic heterocycles. The highest BCUT2D eigenvalue weighted by atomic mass is 32.1. The normalized spacial score (nSPS) is 16.6. The van der Waals surface area contributed by atoms with E-state index < -0.39 is 17.7 Å². The lowest BCUT2D eigenvalue weighted by molar-refractivity contribution is 0.122. The summed E-state index contributed by atoms with van der Waals surface area (Å²) >= 11 is 6.57. The Morgan fingerprint density at radius 2 is 2.09 bits per heavy atom. The molecule has 0 aliphatic carbocycles. The summed E-state index contributed by atoms with van der Waals surface area (Å²) in [4.78, 5) is 2.05. The van der Waals surface area contributed by atoms with Crippen LogP contribution in [-0.4, -0.2) is 41.2 Å². The number of hydrogen-bond donors (Lipinski definition) is 1. The predicted octanol–water partition coefficient (Wildman–Crippen LogP) is 2.52. The van der Waals surface area contributed by atoms with Crippen molar-refractivity contribution in [2.24, 2.45) is 0 Å². The molecular weight excluding hydrogens is 344 g/mol. The van der Waals surface area contributed by atoms with E-state index in [-0.39, 0.29) is 12.1 Å². The van der Waals surface area contributed by atoms with Crippen molar-refractivity contribution in [2.45, 2.75) is 12.6 Å². The van der Waals surface area contributed by atoms with E-state index in [0.29, 0.717) is 17.2 Å². The highest BCUT2D eigenvalue weighted by molar-refractivity contribution is 7.73. The molecule has 1 fully saturated rings. The van der Waals surface area contributed by atoms with Crippen molar-refractivity contribution < 1.29 is 18.6 Å². The minimum absolute atomic E-state index is 0.0277. The summed E-state index contributed by atoms with van der Waals surface area (Å²) in [6.07, 6.45) is -1.22. The number of aliphatic hydroxyl groups is 1. The van der Waals surface area contributed by atoms with Crippen molar-refractivity contribution >= 4 is 28.7 Å². The number of ether oxygens (including phenoxy) is 1. The van der Waals surface area contributed by atoms with Crippen molar-refractivity contribution in [3.8, 4) is 0 Å². The maximum Gasteiger partial charge on any atom is 0.207 e. The lowest BCUT2D eigenvalue weighted by Gasteiger charge is -2.25. The van der Waals surface area contributed by atoms with Crippen LogP contribution >= 0.6 is 23.6 Å². The summed E-state index contributed by atoms with van der Waals surface area (Å²) in [7, 11) is 0. The molecule has 23 heavy (non-hydrogen) atoms. The van der Waals surface area contributed by atoms with Crippen LogP contribution in [0.5, 0.6) is 0 Å². The first-order chi connectivity index (χ1) is 11.0. The Kier molecular flexibility index (Phi) is 5.00. The van der Waals surface area contributed by atoms with E-state index >= 15 is 0 Å². The van der Waals surface area contributed by atoms with Crippen LogP contribution in [0.25, 0.3) is 0 Å². The molecule has 2 aromatic rings. The van der Waals surface area contributed by atoms with Crippen LogP contribution in [0.15, 0.2) is 18.2 Å². The van der Waals surface area contributed by atoms with Crippen LogP contribution < -0.4 is 4.90 Å². The first-order valence-electron chi connectivity index (χ1n) is 7.08. The average Bonchev–Trinajstić information content (AvgIpc) is 2.91. The monoisotopic (exact) mass is 359 g/mol. The summed E-state index contributed by atoms with van der Waals surface area (Å²) in [5, 5.41) is 15.3. The van der Waals surface area contributed by atoms with Gasteiger partial charge < -0.3 is 14.7 Å². The van der Waals surface area contributed by atoms with Gasteiger partial charge in [0.1, 0.15) is 17.7 Å². The molecule has 0 bridgehead atoms. The number of aromatic nitrogens is 2. The largest absolute Gasteiger partial charge is 0.386 e. The summed E-state index contributed by atoms with van der Waals surface area (Å²) in [5.41, 5.74) is -0.104. The number of rotatable bonds is 4. The van der Waals surface area contributed by atoms with Crippen LogP contribution in [-0.2, 0) is 11.3 Å². The van der Waals surface area contributed by atoms with Crippen LogP contribution in [0.2, 0.25) is 0 Å². The maximum absolute atomic E-state index is 13.7. The Balaban J connectivity index is 1.78. The highest BCUT2D eigenvalue weighted by Crippen LogP contribution is 2.24. The van der Waals surface area contributed by atoms with E-state index in [0.717, 1.165) is 36.4 Å². The maximum atomic E-state index is 13.7. The fourth-order valence-corrected chi connectivity index (χ4v) is 3.49. The van der Waals surface area contributed by atoms with Gasteiger partial charge in [0, 0.05) is 18.7 Å². The summed E-state index contributed by atoms with van der Waals surface area (Å²) in [6.45, 7) is 2.68. The SMILES string of the molecule is OC(Cn1nc(N2CCOCC2)sc1=S)c1cc(F)ccc1F. The van der Waals surface area contributed by atoms with E-state index in [4.69, 9.17) is 17.0 Å². The van der Waals surface area contributed by atoms with Crippen molar-refractivity contribution in [1.82, 2.24) is 9.78 Å². The van der Waals surface area contributed by atoms with Gasteiger partial charge in [-0.15, -0.1) is 5.10 Å². The molecule has 124 valence electrons. The van der Waals surface area contributed by atoms with E-state index in [1.54, 1.807) is 0 Å². The van der Waals surface area contributed by atoms with E-state index in [2.05, 4.69) is 10.00 Å². The van der Waals surface area contributed by atoms with Crippen LogP contribution in [0.3, 0.4) is 0 Å². The zero-order valence-electron chi connectivity index (χ0n) is 12.1. The number of halogens is 2. The van der Waals surface area contributed by atoms with Gasteiger partial charge in [-0.05, 0) is 30.4 Å². The van der Waals surface area contributed by atoms with Crippen molar-refractivity contribution in [3.05, 3.63) is 39.4 Å². The lowest BCUT2D eigenvalue weighted by atomic mass is 10.1. The Morgan fingerprint density at radius 1 is 1.35 bits per heavy atom. The van der Waals surface area contributed by atoms with Gasteiger partial charge in [-0.2, -0.15) is 0 Å². The third-order valence-corrected chi connectivity index (χ3v) is 4.91. The molecule has 5 nitrogen and oxygen atoms in total. The number of benzene rings is 1. The second-order valence-electron chi connectivity index (χ2n) is 5.11.